The summed E-state index contributed by atoms with van der Waals surface area (Å²) in [6, 6.07) is 13.5. The van der Waals surface area contributed by atoms with Gasteiger partial charge in [0.2, 0.25) is 0 Å². The number of amides is 1. The summed E-state index contributed by atoms with van der Waals surface area (Å²) in [5.74, 6) is 0.477. The number of carbonyl (C=O) groups is 1. The Morgan fingerprint density at radius 2 is 2.08 bits per heavy atom. The highest BCUT2D eigenvalue weighted by Gasteiger charge is 2.20. The Kier molecular flexibility index (Phi) is 3.83. The van der Waals surface area contributed by atoms with Crippen molar-refractivity contribution >= 4 is 11.6 Å². The minimum Gasteiger partial charge on any atom is -0.319 e. The molecule has 1 fully saturated rings. The Bertz CT molecular complexity index is 853. The molecule has 0 bridgehead atoms. The lowest BCUT2D eigenvalue weighted by molar-refractivity contribution is 0.102. The Morgan fingerprint density at radius 3 is 2.83 bits per heavy atom. The molecule has 0 radical (unpaired) electrons. The Labute approximate surface area is 140 Å². The van der Waals surface area contributed by atoms with Crippen LogP contribution in [0.25, 0.3) is 11.4 Å². The molecule has 1 aliphatic carbocycles. The number of nitrogens with one attached hydrogen (secondary N) is 2. The molecule has 120 valence electrons. The summed E-state index contributed by atoms with van der Waals surface area (Å²) in [4.78, 5) is 16.9. The van der Waals surface area contributed by atoms with Gasteiger partial charge in [-0.1, -0.05) is 24.6 Å². The van der Waals surface area contributed by atoms with Crippen LogP contribution >= 0.6 is 0 Å². The van der Waals surface area contributed by atoms with Crippen LogP contribution in [0.4, 0.5) is 5.69 Å². The summed E-state index contributed by atoms with van der Waals surface area (Å²) < 4.78 is 0. The Hall–Kier alpha value is -2.95. The molecule has 24 heavy (non-hydrogen) atoms. The molecule has 0 unspecified atom stereocenters. The average molecular weight is 318 g/mol. The minimum atomic E-state index is -0.130. The van der Waals surface area contributed by atoms with E-state index >= 15 is 0 Å². The number of nitrogens with zero attached hydrogens (tertiary/aromatic N) is 2. The lowest BCUT2D eigenvalue weighted by Crippen LogP contribution is -2.14. The number of benzene rings is 1. The zero-order chi connectivity index (χ0) is 16.4. The maximum atomic E-state index is 12.6. The van der Waals surface area contributed by atoms with Crippen LogP contribution in [-0.2, 0) is 0 Å². The fourth-order valence-corrected chi connectivity index (χ4v) is 2.96. The maximum Gasteiger partial charge on any atom is 0.255 e. The van der Waals surface area contributed by atoms with Crippen LogP contribution in [0.5, 0.6) is 0 Å². The zero-order valence-corrected chi connectivity index (χ0v) is 13.2. The van der Waals surface area contributed by atoms with Crippen LogP contribution in [0.3, 0.4) is 0 Å². The first-order chi connectivity index (χ1) is 11.8. The number of carbonyl (C=O) groups excluding carboxylic acids is 1. The lowest BCUT2D eigenvalue weighted by atomic mass is 9.80. The molecule has 0 spiro atoms. The standard InChI is InChI=1S/C19H18N4O/c24-19(15-8-4-7-14(11-15)13-5-3-6-13)22-17-12-21-23-18(17)16-9-1-2-10-20-16/h1-2,4,7-13H,3,5-6H2,(H,21,23)(H,22,24). The van der Waals surface area contributed by atoms with E-state index in [2.05, 4.69) is 26.6 Å². The van der Waals surface area contributed by atoms with Crippen molar-refractivity contribution in [3.05, 3.63) is 66.0 Å². The highest BCUT2D eigenvalue weighted by atomic mass is 16.1. The Morgan fingerprint density at radius 1 is 1.17 bits per heavy atom. The third kappa shape index (κ3) is 2.80. The van der Waals surface area contributed by atoms with Gasteiger partial charge < -0.3 is 5.32 Å². The molecule has 0 atom stereocenters. The van der Waals surface area contributed by atoms with Crippen LogP contribution in [0.15, 0.2) is 54.9 Å². The topological polar surface area (TPSA) is 70.7 Å². The van der Waals surface area contributed by atoms with Crippen molar-refractivity contribution in [3.63, 3.8) is 0 Å². The van der Waals surface area contributed by atoms with Gasteiger partial charge in [-0.15, -0.1) is 0 Å². The molecule has 0 aliphatic heterocycles. The van der Waals surface area contributed by atoms with E-state index in [0.29, 0.717) is 22.9 Å². The monoisotopic (exact) mass is 318 g/mol. The molecule has 5 nitrogen and oxygen atoms in total. The number of hydrogen-bond donors (Lipinski definition) is 2. The lowest BCUT2D eigenvalue weighted by Gasteiger charge is -2.26. The van der Waals surface area contributed by atoms with Gasteiger partial charge >= 0.3 is 0 Å². The van der Waals surface area contributed by atoms with Crippen LogP contribution in [-0.4, -0.2) is 21.1 Å². The van der Waals surface area contributed by atoms with Crippen LogP contribution in [0, 0.1) is 0 Å². The van der Waals surface area contributed by atoms with E-state index in [1.165, 1.54) is 24.8 Å². The second-order valence-electron chi connectivity index (χ2n) is 6.08. The van der Waals surface area contributed by atoms with Crippen molar-refractivity contribution in [2.24, 2.45) is 0 Å². The van der Waals surface area contributed by atoms with E-state index in [4.69, 9.17) is 0 Å². The van der Waals surface area contributed by atoms with Gasteiger partial charge in [-0.25, -0.2) is 0 Å². The summed E-state index contributed by atoms with van der Waals surface area (Å²) in [6.07, 6.45) is 7.04. The highest BCUT2D eigenvalue weighted by Crippen LogP contribution is 2.36. The molecular formula is C19H18N4O. The van der Waals surface area contributed by atoms with Crippen molar-refractivity contribution in [1.29, 1.82) is 0 Å². The van der Waals surface area contributed by atoms with E-state index in [1.54, 1.807) is 12.4 Å². The number of aromatic nitrogens is 3. The molecule has 0 saturated heterocycles. The summed E-state index contributed by atoms with van der Waals surface area (Å²) >= 11 is 0. The molecule has 2 N–H and O–H groups in total. The van der Waals surface area contributed by atoms with E-state index in [9.17, 15) is 4.79 Å². The molecule has 1 saturated carbocycles. The van der Waals surface area contributed by atoms with Crippen molar-refractivity contribution < 1.29 is 4.79 Å². The van der Waals surface area contributed by atoms with E-state index in [1.807, 2.05) is 36.4 Å². The molecule has 3 aromatic rings. The predicted octanol–water partition coefficient (Wildman–Crippen LogP) is 3.99. The first kappa shape index (κ1) is 14.6. The van der Waals surface area contributed by atoms with Crippen LogP contribution in [0.1, 0.15) is 41.1 Å². The molecule has 5 heteroatoms. The van der Waals surface area contributed by atoms with Gasteiger partial charge in [0.05, 0.1) is 17.6 Å². The average Bonchev–Trinajstić information content (AvgIpc) is 3.02. The SMILES string of the molecule is O=C(Nc1cn[nH]c1-c1ccccn1)c1cccc(C2CCC2)c1. The molecular weight excluding hydrogens is 300 g/mol. The molecule has 2 aromatic heterocycles. The largest absolute Gasteiger partial charge is 0.319 e. The van der Waals surface area contributed by atoms with Crippen molar-refractivity contribution in [3.8, 4) is 11.4 Å². The van der Waals surface area contributed by atoms with Gasteiger partial charge in [-0.2, -0.15) is 5.10 Å². The fraction of sp³-hybridized carbons (Fsp3) is 0.211. The number of rotatable bonds is 4. The molecule has 1 aromatic carbocycles. The summed E-state index contributed by atoms with van der Waals surface area (Å²) in [5, 5.41) is 9.87. The number of aromatic amines is 1. The second-order valence-corrected chi connectivity index (χ2v) is 6.08. The maximum absolute atomic E-state index is 12.6. The van der Waals surface area contributed by atoms with Crippen molar-refractivity contribution in [1.82, 2.24) is 15.2 Å². The zero-order valence-electron chi connectivity index (χ0n) is 13.2. The summed E-state index contributed by atoms with van der Waals surface area (Å²) in [7, 11) is 0. The Balaban J connectivity index is 1.56. The molecule has 2 heterocycles. The number of anilines is 1. The van der Waals surface area contributed by atoms with Crippen LogP contribution in [0.2, 0.25) is 0 Å². The van der Waals surface area contributed by atoms with Gasteiger partial charge in [0.15, 0.2) is 0 Å². The fourth-order valence-electron chi connectivity index (χ4n) is 2.96. The van der Waals surface area contributed by atoms with E-state index < -0.39 is 0 Å². The van der Waals surface area contributed by atoms with Crippen molar-refractivity contribution in [2.75, 3.05) is 5.32 Å². The van der Waals surface area contributed by atoms with Crippen molar-refractivity contribution in [2.45, 2.75) is 25.2 Å². The van der Waals surface area contributed by atoms with Gasteiger partial charge in [-0.05, 0) is 48.6 Å². The van der Waals surface area contributed by atoms with Crippen LogP contribution < -0.4 is 5.32 Å². The third-order valence-electron chi connectivity index (χ3n) is 4.53. The first-order valence-corrected chi connectivity index (χ1v) is 8.17. The van der Waals surface area contributed by atoms with Gasteiger partial charge in [0, 0.05) is 11.8 Å². The summed E-state index contributed by atoms with van der Waals surface area (Å²) in [5.41, 5.74) is 4.01. The van der Waals surface area contributed by atoms with Gasteiger partial charge in [-0.3, -0.25) is 14.9 Å². The van der Waals surface area contributed by atoms with E-state index in [0.717, 1.165) is 5.69 Å². The molecule has 1 amide bonds. The smallest absolute Gasteiger partial charge is 0.255 e. The quantitative estimate of drug-likeness (QED) is 0.764. The minimum absolute atomic E-state index is 0.130. The predicted molar refractivity (Wildman–Crippen MR) is 92.8 cm³/mol. The number of pyridine rings is 1. The second kappa shape index (κ2) is 6.28. The third-order valence-corrected chi connectivity index (χ3v) is 4.53. The first-order valence-electron chi connectivity index (χ1n) is 8.17. The molecule has 1 aliphatic rings. The normalized spacial score (nSPS) is 14.2. The summed E-state index contributed by atoms with van der Waals surface area (Å²) in [6.45, 7) is 0. The highest BCUT2D eigenvalue weighted by molar-refractivity contribution is 6.05. The molecule has 4 rings (SSSR count). The van der Waals surface area contributed by atoms with Gasteiger partial charge in [0.25, 0.3) is 5.91 Å². The van der Waals surface area contributed by atoms with E-state index in [-0.39, 0.29) is 5.91 Å². The van der Waals surface area contributed by atoms with Gasteiger partial charge in [0.1, 0.15) is 5.69 Å². The number of hydrogen-bond acceptors (Lipinski definition) is 3. The number of H-pyrrole nitrogens is 1.